The normalized spacial score (nSPS) is 12.2. The summed E-state index contributed by atoms with van der Waals surface area (Å²) < 4.78 is 5.68. The van der Waals surface area contributed by atoms with Gasteiger partial charge in [-0.25, -0.2) is 4.79 Å². The minimum absolute atomic E-state index is 0.0207. The molecular formula is C29H40O2S3. The van der Waals surface area contributed by atoms with Crippen LogP contribution >= 0.6 is 34.0 Å². The van der Waals surface area contributed by atoms with Gasteiger partial charge in [0.15, 0.2) is 0 Å². The van der Waals surface area contributed by atoms with Crippen molar-refractivity contribution in [1.29, 1.82) is 0 Å². The molecule has 3 aromatic rings. The van der Waals surface area contributed by atoms with Crippen LogP contribution in [0.5, 0.6) is 0 Å². The Morgan fingerprint density at radius 3 is 2.00 bits per heavy atom. The average Bonchev–Trinajstić information content (AvgIpc) is 3.59. The number of esters is 1. The molecular weight excluding hydrogens is 477 g/mol. The van der Waals surface area contributed by atoms with Gasteiger partial charge in [0.1, 0.15) is 4.88 Å². The van der Waals surface area contributed by atoms with Crippen molar-refractivity contribution in [3.8, 4) is 19.5 Å². The number of thiophene rings is 3. The molecule has 0 saturated carbocycles. The van der Waals surface area contributed by atoms with Crippen molar-refractivity contribution in [2.75, 3.05) is 0 Å². The SMILES string of the molecule is CCCCCCCCc1ccc(-c2ccc(-c3ccc(C(=O)O[C@@H](C)CCCCCC)s3)s2)s1. The molecule has 1 atom stereocenters. The average molecular weight is 517 g/mol. The maximum Gasteiger partial charge on any atom is 0.348 e. The topological polar surface area (TPSA) is 26.3 Å². The third kappa shape index (κ3) is 8.66. The number of hydrogen-bond acceptors (Lipinski definition) is 5. The Bertz CT molecular complexity index is 981. The Balaban J connectivity index is 1.50. The number of ether oxygens (including phenoxy) is 1. The highest BCUT2D eigenvalue weighted by molar-refractivity contribution is 7.26. The zero-order valence-corrected chi connectivity index (χ0v) is 23.5. The van der Waals surface area contributed by atoms with Gasteiger partial charge in [-0.15, -0.1) is 34.0 Å². The molecule has 3 rings (SSSR count). The van der Waals surface area contributed by atoms with Gasteiger partial charge < -0.3 is 4.74 Å². The molecule has 3 aromatic heterocycles. The first-order valence-corrected chi connectivity index (χ1v) is 15.6. The first-order chi connectivity index (χ1) is 16.6. The van der Waals surface area contributed by atoms with Crippen LogP contribution in [0.3, 0.4) is 0 Å². The molecule has 34 heavy (non-hydrogen) atoms. The maximum absolute atomic E-state index is 12.6. The lowest BCUT2D eigenvalue weighted by Crippen LogP contribution is -2.14. The van der Waals surface area contributed by atoms with E-state index in [4.69, 9.17) is 4.74 Å². The second-order valence-electron chi connectivity index (χ2n) is 9.18. The molecule has 0 aromatic carbocycles. The van der Waals surface area contributed by atoms with E-state index in [2.05, 4.69) is 44.2 Å². The number of carbonyl (C=O) groups excluding carboxylic acids is 1. The predicted molar refractivity (Wildman–Crippen MR) is 152 cm³/mol. The summed E-state index contributed by atoms with van der Waals surface area (Å²) in [6.07, 6.45) is 15.0. The fourth-order valence-electron chi connectivity index (χ4n) is 4.07. The molecule has 0 unspecified atom stereocenters. The quantitative estimate of drug-likeness (QED) is 0.140. The lowest BCUT2D eigenvalue weighted by molar-refractivity contribution is 0.0325. The molecule has 0 fully saturated rings. The smallest absolute Gasteiger partial charge is 0.348 e. The van der Waals surface area contributed by atoms with Crippen LogP contribution in [0, 0.1) is 0 Å². The van der Waals surface area contributed by atoms with Crippen molar-refractivity contribution in [2.24, 2.45) is 0 Å². The van der Waals surface area contributed by atoms with Crippen LogP contribution in [-0.4, -0.2) is 12.1 Å². The molecule has 0 aliphatic rings. The van der Waals surface area contributed by atoms with Gasteiger partial charge in [0.05, 0.1) is 6.10 Å². The Morgan fingerprint density at radius 2 is 1.26 bits per heavy atom. The second-order valence-corrected chi connectivity index (χ2v) is 12.5. The Hall–Kier alpha value is -1.43. The van der Waals surface area contributed by atoms with Crippen LogP contribution in [0.25, 0.3) is 19.5 Å². The van der Waals surface area contributed by atoms with Gasteiger partial charge in [-0.1, -0.05) is 65.2 Å². The third-order valence-electron chi connectivity index (χ3n) is 6.11. The zero-order valence-electron chi connectivity index (χ0n) is 21.1. The molecule has 0 radical (unpaired) electrons. The minimum Gasteiger partial charge on any atom is -0.458 e. The third-order valence-corrected chi connectivity index (χ3v) is 9.80. The summed E-state index contributed by atoms with van der Waals surface area (Å²) in [5.74, 6) is -0.186. The lowest BCUT2D eigenvalue weighted by Gasteiger charge is -2.12. The summed E-state index contributed by atoms with van der Waals surface area (Å²) in [7, 11) is 0. The fraction of sp³-hybridized carbons (Fsp3) is 0.552. The van der Waals surface area contributed by atoms with Crippen LogP contribution in [0.2, 0.25) is 0 Å². The first-order valence-electron chi connectivity index (χ1n) is 13.1. The monoisotopic (exact) mass is 516 g/mol. The van der Waals surface area contributed by atoms with Gasteiger partial charge in [0.2, 0.25) is 0 Å². The summed E-state index contributed by atoms with van der Waals surface area (Å²) in [5.41, 5.74) is 0. The van der Waals surface area contributed by atoms with Gasteiger partial charge in [-0.05, 0) is 69.0 Å². The van der Waals surface area contributed by atoms with Crippen LogP contribution in [0.15, 0.2) is 36.4 Å². The molecule has 0 aliphatic heterocycles. The van der Waals surface area contributed by atoms with Gasteiger partial charge in [0.25, 0.3) is 0 Å². The molecule has 0 aliphatic carbocycles. The number of carbonyl (C=O) groups is 1. The molecule has 5 heteroatoms. The standard InChI is InChI=1S/C29H40O2S3/c1-4-6-8-10-11-13-15-23-16-17-24(32-23)25-18-19-26(33-25)27-20-21-28(34-27)29(30)31-22(3)14-12-9-7-5-2/h16-22H,4-15H2,1-3H3/t22-/m0/s1. The molecule has 3 heterocycles. The number of unbranched alkanes of at least 4 members (excludes halogenated alkanes) is 8. The summed E-state index contributed by atoms with van der Waals surface area (Å²) in [6, 6.07) is 12.9. The van der Waals surface area contributed by atoms with E-state index < -0.39 is 0 Å². The summed E-state index contributed by atoms with van der Waals surface area (Å²) >= 11 is 5.28. The fourth-order valence-corrected chi connectivity index (χ4v) is 7.19. The first kappa shape index (κ1) is 27.2. The van der Waals surface area contributed by atoms with E-state index in [9.17, 15) is 4.79 Å². The van der Waals surface area contributed by atoms with E-state index in [-0.39, 0.29) is 12.1 Å². The highest BCUT2D eigenvalue weighted by Gasteiger charge is 2.16. The number of aryl methyl sites for hydroxylation is 1. The van der Waals surface area contributed by atoms with Crippen molar-refractivity contribution < 1.29 is 9.53 Å². The molecule has 0 amide bonds. The van der Waals surface area contributed by atoms with Crippen molar-refractivity contribution in [2.45, 2.75) is 104 Å². The van der Waals surface area contributed by atoms with Crippen LogP contribution in [0.1, 0.15) is 106 Å². The largest absolute Gasteiger partial charge is 0.458 e. The van der Waals surface area contributed by atoms with E-state index in [1.54, 1.807) is 11.3 Å². The van der Waals surface area contributed by atoms with Gasteiger partial charge in [-0.2, -0.15) is 0 Å². The summed E-state index contributed by atoms with van der Waals surface area (Å²) in [5, 5.41) is 0. The van der Waals surface area contributed by atoms with Gasteiger partial charge in [-0.3, -0.25) is 0 Å². The van der Waals surface area contributed by atoms with Crippen molar-refractivity contribution in [3.63, 3.8) is 0 Å². The Morgan fingerprint density at radius 1 is 0.706 bits per heavy atom. The van der Waals surface area contributed by atoms with Crippen molar-refractivity contribution in [3.05, 3.63) is 46.2 Å². The summed E-state index contributed by atoms with van der Waals surface area (Å²) in [6.45, 7) is 6.49. The molecule has 0 spiro atoms. The molecule has 2 nitrogen and oxygen atoms in total. The van der Waals surface area contributed by atoms with E-state index >= 15 is 0 Å². The number of hydrogen-bond donors (Lipinski definition) is 0. The van der Waals surface area contributed by atoms with E-state index in [0.717, 1.165) is 17.7 Å². The molecule has 186 valence electrons. The lowest BCUT2D eigenvalue weighted by atomic mass is 10.1. The minimum atomic E-state index is -0.186. The van der Waals surface area contributed by atoms with E-state index in [1.165, 1.54) is 83.7 Å². The van der Waals surface area contributed by atoms with E-state index in [1.807, 2.05) is 35.7 Å². The molecule has 0 N–H and O–H groups in total. The van der Waals surface area contributed by atoms with Crippen molar-refractivity contribution in [1.82, 2.24) is 0 Å². The predicted octanol–water partition coefficient (Wildman–Crippen LogP) is 10.6. The zero-order chi connectivity index (χ0) is 24.2. The van der Waals surface area contributed by atoms with Gasteiger partial charge in [0, 0.05) is 24.4 Å². The maximum atomic E-state index is 12.6. The number of rotatable bonds is 16. The second kappa shape index (κ2) is 14.9. The van der Waals surface area contributed by atoms with Gasteiger partial charge >= 0.3 is 5.97 Å². The highest BCUT2D eigenvalue weighted by Crippen LogP contribution is 2.40. The van der Waals surface area contributed by atoms with Crippen molar-refractivity contribution >= 4 is 40.0 Å². The van der Waals surface area contributed by atoms with Crippen LogP contribution in [0.4, 0.5) is 0 Å². The Kier molecular flexibility index (Phi) is 11.9. The summed E-state index contributed by atoms with van der Waals surface area (Å²) in [4.78, 5) is 19.8. The van der Waals surface area contributed by atoms with E-state index in [0.29, 0.717) is 4.88 Å². The highest BCUT2D eigenvalue weighted by atomic mass is 32.1. The van der Waals surface area contributed by atoms with Crippen LogP contribution in [-0.2, 0) is 11.2 Å². The molecule has 0 bridgehead atoms. The Labute approximate surface area is 218 Å². The molecule has 0 saturated heterocycles. The van der Waals surface area contributed by atoms with Crippen LogP contribution < -0.4 is 0 Å².